The normalized spacial score (nSPS) is 14.0. The number of methoxy groups -OCH3 is 2. The molecule has 4 aromatic rings. The minimum atomic E-state index is -0.521. The van der Waals surface area contributed by atoms with Crippen molar-refractivity contribution in [2.45, 2.75) is 25.3 Å². The van der Waals surface area contributed by atoms with E-state index in [1.165, 1.54) is 25.6 Å². The Bertz CT molecular complexity index is 1450. The van der Waals surface area contributed by atoms with Crippen molar-refractivity contribution in [3.05, 3.63) is 65.5 Å². The molecule has 0 atom stereocenters. The first kappa shape index (κ1) is 24.4. The van der Waals surface area contributed by atoms with E-state index in [4.69, 9.17) is 24.9 Å². The van der Waals surface area contributed by atoms with E-state index < -0.39 is 11.7 Å². The Kier molecular flexibility index (Phi) is 6.87. The van der Waals surface area contributed by atoms with E-state index in [1.54, 1.807) is 11.6 Å². The molecule has 1 aliphatic heterocycles. The van der Waals surface area contributed by atoms with E-state index in [9.17, 15) is 9.18 Å². The number of amides is 1. The van der Waals surface area contributed by atoms with Crippen LogP contribution in [0.15, 0.2) is 42.7 Å². The third-order valence-electron chi connectivity index (χ3n) is 6.45. The largest absolute Gasteiger partial charge is 0.496 e. The third kappa shape index (κ3) is 4.77. The van der Waals surface area contributed by atoms with E-state index >= 15 is 0 Å². The standard InChI is InChI=1S/C26H27FN6O4/c1-35-20-6-4-17(27)12-19(20)26(34)29-13-15-3-5-18(21(11-15)36-2)22-23-24(28)30-14-31-33(23)25(32-22)16-7-9-37-10-8-16/h3-6,11-12,14,16H,7-10,13H2,1-2H3,(H,29,34)(H2,28,30,31). The van der Waals surface area contributed by atoms with Crippen LogP contribution in [0.25, 0.3) is 16.8 Å². The second-order valence-electron chi connectivity index (χ2n) is 8.67. The molecular weight excluding hydrogens is 479 g/mol. The molecule has 37 heavy (non-hydrogen) atoms. The summed E-state index contributed by atoms with van der Waals surface area (Å²) in [5.41, 5.74) is 9.12. The fourth-order valence-electron chi connectivity index (χ4n) is 4.56. The highest BCUT2D eigenvalue weighted by molar-refractivity contribution is 5.97. The molecule has 0 unspecified atom stereocenters. The molecule has 0 saturated carbocycles. The smallest absolute Gasteiger partial charge is 0.255 e. The van der Waals surface area contributed by atoms with Gasteiger partial charge in [-0.05, 0) is 48.7 Å². The van der Waals surface area contributed by atoms with Crippen LogP contribution in [0.3, 0.4) is 0 Å². The Morgan fingerprint density at radius 3 is 2.70 bits per heavy atom. The average Bonchev–Trinajstić information content (AvgIpc) is 3.32. The minimum absolute atomic E-state index is 0.117. The summed E-state index contributed by atoms with van der Waals surface area (Å²) in [5.74, 6) is 1.18. The number of aromatic nitrogens is 4. The lowest BCUT2D eigenvalue weighted by molar-refractivity contribution is 0.0832. The highest BCUT2D eigenvalue weighted by atomic mass is 19.1. The zero-order valence-electron chi connectivity index (χ0n) is 20.5. The number of carbonyl (C=O) groups excluding carboxylic acids is 1. The zero-order chi connectivity index (χ0) is 25.9. The first-order chi connectivity index (χ1) is 18.0. The van der Waals surface area contributed by atoms with Crippen LogP contribution in [-0.2, 0) is 11.3 Å². The number of rotatable bonds is 7. The Labute approximate surface area is 212 Å². The molecule has 1 saturated heterocycles. The number of hydrogen-bond acceptors (Lipinski definition) is 8. The van der Waals surface area contributed by atoms with Crippen LogP contribution in [0.4, 0.5) is 10.2 Å². The van der Waals surface area contributed by atoms with Crippen molar-refractivity contribution in [3.63, 3.8) is 0 Å². The van der Waals surface area contributed by atoms with Crippen LogP contribution < -0.4 is 20.5 Å². The number of carbonyl (C=O) groups is 1. The number of nitrogens with zero attached hydrogens (tertiary/aromatic N) is 4. The topological polar surface area (TPSA) is 126 Å². The second-order valence-corrected chi connectivity index (χ2v) is 8.67. The molecule has 0 radical (unpaired) electrons. The number of halogens is 1. The lowest BCUT2D eigenvalue weighted by atomic mass is 10.00. The predicted molar refractivity (Wildman–Crippen MR) is 134 cm³/mol. The molecule has 1 fully saturated rings. The van der Waals surface area contributed by atoms with Crippen LogP contribution in [0, 0.1) is 5.82 Å². The van der Waals surface area contributed by atoms with Gasteiger partial charge in [0.1, 0.15) is 40.7 Å². The minimum Gasteiger partial charge on any atom is -0.496 e. The molecule has 11 heteroatoms. The van der Waals surface area contributed by atoms with Crippen molar-refractivity contribution < 1.29 is 23.4 Å². The number of benzene rings is 2. The van der Waals surface area contributed by atoms with Crippen molar-refractivity contribution in [2.24, 2.45) is 0 Å². The first-order valence-corrected chi connectivity index (χ1v) is 11.9. The van der Waals surface area contributed by atoms with E-state index in [2.05, 4.69) is 15.4 Å². The van der Waals surface area contributed by atoms with Crippen LogP contribution in [0.5, 0.6) is 11.5 Å². The van der Waals surface area contributed by atoms with Gasteiger partial charge in [-0.3, -0.25) is 4.79 Å². The SMILES string of the molecule is COc1ccc(F)cc1C(=O)NCc1ccc(-c2nc(C3CCOCC3)n3ncnc(N)c23)c(OC)c1. The molecule has 0 bridgehead atoms. The van der Waals surface area contributed by atoms with Crippen LogP contribution in [-0.4, -0.2) is 52.9 Å². The quantitative estimate of drug-likeness (QED) is 0.391. The van der Waals surface area contributed by atoms with Gasteiger partial charge in [-0.2, -0.15) is 5.10 Å². The van der Waals surface area contributed by atoms with Crippen molar-refractivity contribution in [1.29, 1.82) is 0 Å². The number of imidazole rings is 1. The van der Waals surface area contributed by atoms with Gasteiger partial charge in [-0.1, -0.05) is 6.07 Å². The summed E-state index contributed by atoms with van der Waals surface area (Å²) in [6.07, 6.45) is 3.11. The maximum atomic E-state index is 13.7. The molecule has 192 valence electrons. The Hall–Kier alpha value is -4.25. The van der Waals surface area contributed by atoms with E-state index in [0.29, 0.717) is 41.7 Å². The summed E-state index contributed by atoms with van der Waals surface area (Å²) in [5, 5.41) is 7.23. The first-order valence-electron chi connectivity index (χ1n) is 11.9. The van der Waals surface area contributed by atoms with Crippen molar-refractivity contribution >= 4 is 17.2 Å². The molecular formula is C26H27FN6O4. The molecule has 0 aliphatic carbocycles. The van der Waals surface area contributed by atoms with Gasteiger partial charge >= 0.3 is 0 Å². The van der Waals surface area contributed by atoms with E-state index in [1.807, 2.05) is 18.2 Å². The predicted octanol–water partition coefficient (Wildman–Crippen LogP) is 3.35. The maximum Gasteiger partial charge on any atom is 0.255 e. The monoisotopic (exact) mass is 506 g/mol. The van der Waals surface area contributed by atoms with Gasteiger partial charge in [0.25, 0.3) is 5.91 Å². The summed E-state index contributed by atoms with van der Waals surface area (Å²) >= 11 is 0. The molecule has 3 heterocycles. The maximum absolute atomic E-state index is 13.7. The Morgan fingerprint density at radius 1 is 1.16 bits per heavy atom. The van der Waals surface area contributed by atoms with E-state index in [0.717, 1.165) is 35.9 Å². The molecule has 3 N–H and O–H groups in total. The molecule has 5 rings (SSSR count). The van der Waals surface area contributed by atoms with Gasteiger partial charge in [0.05, 0.1) is 19.8 Å². The molecule has 2 aromatic heterocycles. The fraction of sp³-hybridized carbons (Fsp3) is 0.308. The van der Waals surface area contributed by atoms with E-state index in [-0.39, 0.29) is 18.0 Å². The van der Waals surface area contributed by atoms with Gasteiger partial charge in [0.15, 0.2) is 5.82 Å². The Morgan fingerprint density at radius 2 is 1.95 bits per heavy atom. The van der Waals surface area contributed by atoms with Crippen molar-refractivity contribution in [1.82, 2.24) is 24.9 Å². The summed E-state index contributed by atoms with van der Waals surface area (Å²) in [6.45, 7) is 1.53. The van der Waals surface area contributed by atoms with Crippen LogP contribution in [0.1, 0.15) is 40.5 Å². The highest BCUT2D eigenvalue weighted by Gasteiger charge is 2.26. The summed E-state index contributed by atoms with van der Waals surface area (Å²) in [4.78, 5) is 21.8. The summed E-state index contributed by atoms with van der Waals surface area (Å²) in [7, 11) is 2.99. The zero-order valence-corrected chi connectivity index (χ0v) is 20.5. The molecule has 0 spiro atoms. The number of hydrogen-bond donors (Lipinski definition) is 2. The summed E-state index contributed by atoms with van der Waals surface area (Å²) in [6, 6.07) is 9.35. The van der Waals surface area contributed by atoms with Crippen molar-refractivity contribution in [2.75, 3.05) is 33.2 Å². The summed E-state index contributed by atoms with van der Waals surface area (Å²) < 4.78 is 31.8. The van der Waals surface area contributed by atoms with Gasteiger partial charge in [0, 0.05) is 31.2 Å². The van der Waals surface area contributed by atoms with Gasteiger partial charge in [-0.15, -0.1) is 0 Å². The average molecular weight is 507 g/mol. The van der Waals surface area contributed by atoms with Gasteiger partial charge in [0.2, 0.25) is 0 Å². The van der Waals surface area contributed by atoms with Gasteiger partial charge < -0.3 is 25.3 Å². The Balaban J connectivity index is 1.45. The second kappa shape index (κ2) is 10.4. The van der Waals surface area contributed by atoms with Gasteiger partial charge in [-0.25, -0.2) is 18.9 Å². The molecule has 2 aromatic carbocycles. The lowest BCUT2D eigenvalue weighted by Gasteiger charge is -2.20. The number of nitrogens with two attached hydrogens (primary N) is 1. The number of fused-ring (bicyclic) bond motifs is 1. The van der Waals surface area contributed by atoms with Crippen LogP contribution in [0.2, 0.25) is 0 Å². The third-order valence-corrected chi connectivity index (χ3v) is 6.45. The van der Waals surface area contributed by atoms with Crippen LogP contribution >= 0.6 is 0 Å². The molecule has 10 nitrogen and oxygen atoms in total. The number of nitrogen functional groups attached to an aromatic ring is 1. The molecule has 1 aliphatic rings. The highest BCUT2D eigenvalue weighted by Crippen LogP contribution is 2.37. The number of nitrogens with one attached hydrogen (secondary N) is 1. The number of anilines is 1. The fourth-order valence-corrected chi connectivity index (χ4v) is 4.56. The van der Waals surface area contributed by atoms with Crippen molar-refractivity contribution in [3.8, 4) is 22.8 Å². The molecule has 1 amide bonds. The number of ether oxygens (including phenoxy) is 3. The lowest BCUT2D eigenvalue weighted by Crippen LogP contribution is -2.23.